The van der Waals surface area contributed by atoms with E-state index in [0.717, 1.165) is 33.4 Å². The molecule has 5 rings (SSSR count). The van der Waals surface area contributed by atoms with Gasteiger partial charge in [-0.05, 0) is 48.5 Å². The summed E-state index contributed by atoms with van der Waals surface area (Å²) in [6.07, 6.45) is 3.98. The van der Waals surface area contributed by atoms with Gasteiger partial charge in [-0.25, -0.2) is 9.97 Å². The summed E-state index contributed by atoms with van der Waals surface area (Å²) in [6.45, 7) is 0.589. The standard InChI is InChI=1S/C23H19N5O/c29-23(13-14-27-15-24-19-5-1-3-7-21(19)27)26-17-9-11-18(12-10-17)28-16-25-20-6-2-4-8-22(20)28/h1-12,15-16H,13-14H2,(H,26,29). The summed E-state index contributed by atoms with van der Waals surface area (Å²) in [4.78, 5) is 21.2. The van der Waals surface area contributed by atoms with Crippen LogP contribution in [0.3, 0.4) is 0 Å². The van der Waals surface area contributed by atoms with E-state index >= 15 is 0 Å². The zero-order valence-corrected chi connectivity index (χ0v) is 15.7. The van der Waals surface area contributed by atoms with Crippen LogP contribution in [0.4, 0.5) is 5.69 Å². The first-order valence-electron chi connectivity index (χ1n) is 9.50. The first-order chi connectivity index (χ1) is 14.3. The van der Waals surface area contributed by atoms with Gasteiger partial charge in [-0.15, -0.1) is 0 Å². The van der Waals surface area contributed by atoms with Gasteiger partial charge >= 0.3 is 0 Å². The third-order valence-electron chi connectivity index (χ3n) is 4.99. The molecule has 0 aliphatic heterocycles. The van der Waals surface area contributed by atoms with Crippen LogP contribution in [0.5, 0.6) is 0 Å². The third kappa shape index (κ3) is 3.36. The molecule has 6 heteroatoms. The molecule has 3 aromatic carbocycles. The SMILES string of the molecule is O=C(CCn1cnc2ccccc21)Nc1ccc(-n2cnc3ccccc32)cc1. The average molecular weight is 381 g/mol. The molecule has 0 aliphatic rings. The van der Waals surface area contributed by atoms with Crippen LogP contribution in [0, 0.1) is 0 Å². The van der Waals surface area contributed by atoms with Crippen molar-refractivity contribution in [3.05, 3.63) is 85.5 Å². The molecule has 29 heavy (non-hydrogen) atoms. The zero-order valence-electron chi connectivity index (χ0n) is 15.7. The molecule has 0 saturated heterocycles. The van der Waals surface area contributed by atoms with E-state index in [0.29, 0.717) is 13.0 Å². The molecule has 0 spiro atoms. The van der Waals surface area contributed by atoms with Crippen molar-refractivity contribution in [3.8, 4) is 5.69 Å². The lowest BCUT2D eigenvalue weighted by atomic mass is 10.2. The molecule has 0 aliphatic carbocycles. The number of rotatable bonds is 5. The van der Waals surface area contributed by atoms with Crippen molar-refractivity contribution in [1.29, 1.82) is 0 Å². The predicted octanol–water partition coefficient (Wildman–Crippen LogP) is 4.40. The highest BCUT2D eigenvalue weighted by atomic mass is 16.1. The Morgan fingerprint density at radius 3 is 2.24 bits per heavy atom. The van der Waals surface area contributed by atoms with Crippen LogP contribution in [0.1, 0.15) is 6.42 Å². The van der Waals surface area contributed by atoms with Gasteiger partial charge in [0.2, 0.25) is 5.91 Å². The van der Waals surface area contributed by atoms with E-state index < -0.39 is 0 Å². The first kappa shape index (κ1) is 17.2. The van der Waals surface area contributed by atoms with Crippen LogP contribution in [-0.4, -0.2) is 25.0 Å². The van der Waals surface area contributed by atoms with Gasteiger partial charge in [-0.1, -0.05) is 24.3 Å². The number of nitrogens with zero attached hydrogens (tertiary/aromatic N) is 4. The van der Waals surface area contributed by atoms with E-state index in [2.05, 4.69) is 15.3 Å². The highest BCUT2D eigenvalue weighted by Gasteiger charge is 2.07. The fourth-order valence-electron chi connectivity index (χ4n) is 3.50. The Morgan fingerprint density at radius 1 is 0.793 bits per heavy atom. The van der Waals surface area contributed by atoms with Crippen molar-refractivity contribution in [3.63, 3.8) is 0 Å². The lowest BCUT2D eigenvalue weighted by molar-refractivity contribution is -0.116. The zero-order chi connectivity index (χ0) is 19.6. The summed E-state index contributed by atoms with van der Waals surface area (Å²) in [7, 11) is 0. The fourth-order valence-corrected chi connectivity index (χ4v) is 3.50. The Morgan fingerprint density at radius 2 is 1.45 bits per heavy atom. The maximum absolute atomic E-state index is 12.4. The second-order valence-electron chi connectivity index (χ2n) is 6.88. The van der Waals surface area contributed by atoms with Crippen molar-refractivity contribution in [2.45, 2.75) is 13.0 Å². The quantitative estimate of drug-likeness (QED) is 0.491. The highest BCUT2D eigenvalue weighted by molar-refractivity contribution is 5.91. The monoisotopic (exact) mass is 381 g/mol. The van der Waals surface area contributed by atoms with E-state index in [1.54, 1.807) is 6.33 Å². The number of nitrogens with one attached hydrogen (secondary N) is 1. The van der Waals surface area contributed by atoms with E-state index in [4.69, 9.17) is 0 Å². The minimum atomic E-state index is -0.0244. The molecule has 0 saturated carbocycles. The van der Waals surface area contributed by atoms with E-state index in [9.17, 15) is 4.79 Å². The normalized spacial score (nSPS) is 11.2. The second-order valence-corrected chi connectivity index (χ2v) is 6.88. The number of amides is 1. The minimum Gasteiger partial charge on any atom is -0.330 e. The van der Waals surface area contributed by atoms with Gasteiger partial charge < -0.3 is 9.88 Å². The van der Waals surface area contributed by atoms with Gasteiger partial charge in [-0.3, -0.25) is 9.36 Å². The summed E-state index contributed by atoms with van der Waals surface area (Å²) in [5.41, 5.74) is 5.77. The minimum absolute atomic E-state index is 0.0244. The molecule has 1 N–H and O–H groups in total. The predicted molar refractivity (Wildman–Crippen MR) is 114 cm³/mol. The summed E-state index contributed by atoms with van der Waals surface area (Å²) in [6, 6.07) is 23.7. The third-order valence-corrected chi connectivity index (χ3v) is 4.99. The van der Waals surface area contributed by atoms with E-state index in [1.165, 1.54) is 0 Å². The Bertz CT molecular complexity index is 1300. The lowest BCUT2D eigenvalue weighted by Crippen LogP contribution is -2.14. The van der Waals surface area contributed by atoms with Crippen LogP contribution >= 0.6 is 0 Å². The lowest BCUT2D eigenvalue weighted by Gasteiger charge is -2.09. The Balaban J connectivity index is 1.25. The van der Waals surface area contributed by atoms with Gasteiger partial charge in [-0.2, -0.15) is 0 Å². The van der Waals surface area contributed by atoms with Crippen molar-refractivity contribution in [2.24, 2.45) is 0 Å². The summed E-state index contributed by atoms with van der Waals surface area (Å²) >= 11 is 0. The summed E-state index contributed by atoms with van der Waals surface area (Å²) in [5, 5.41) is 2.96. The molecule has 2 aromatic heterocycles. The Kier molecular flexibility index (Phi) is 4.29. The Hall–Kier alpha value is -3.93. The fraction of sp³-hybridized carbons (Fsp3) is 0.0870. The van der Waals surface area contributed by atoms with E-state index in [1.807, 2.05) is 88.3 Å². The molecule has 0 radical (unpaired) electrons. The maximum atomic E-state index is 12.4. The number of hydrogen-bond acceptors (Lipinski definition) is 3. The molecule has 1 amide bonds. The van der Waals surface area contributed by atoms with Gasteiger partial charge in [0.15, 0.2) is 0 Å². The van der Waals surface area contributed by atoms with Gasteiger partial charge in [0.05, 0.1) is 28.4 Å². The van der Waals surface area contributed by atoms with E-state index in [-0.39, 0.29) is 5.91 Å². The number of carbonyl (C=O) groups is 1. The topological polar surface area (TPSA) is 64.7 Å². The van der Waals surface area contributed by atoms with Crippen molar-refractivity contribution in [2.75, 3.05) is 5.32 Å². The molecule has 0 atom stereocenters. The van der Waals surface area contributed by atoms with Crippen molar-refractivity contribution >= 4 is 33.7 Å². The number of anilines is 1. The number of aryl methyl sites for hydroxylation is 1. The number of para-hydroxylation sites is 4. The molecule has 0 unspecified atom stereocenters. The second kappa shape index (κ2) is 7.24. The van der Waals surface area contributed by atoms with Gasteiger partial charge in [0.25, 0.3) is 0 Å². The number of carbonyl (C=O) groups excluding carboxylic acids is 1. The molecule has 0 fully saturated rings. The van der Waals surface area contributed by atoms with Crippen LogP contribution < -0.4 is 5.32 Å². The van der Waals surface area contributed by atoms with Crippen molar-refractivity contribution < 1.29 is 4.79 Å². The number of fused-ring (bicyclic) bond motifs is 2. The van der Waals surface area contributed by atoms with Gasteiger partial charge in [0, 0.05) is 24.3 Å². The van der Waals surface area contributed by atoms with Crippen LogP contribution in [0.15, 0.2) is 85.5 Å². The number of imidazole rings is 2. The highest BCUT2D eigenvalue weighted by Crippen LogP contribution is 2.20. The van der Waals surface area contributed by atoms with Crippen LogP contribution in [0.2, 0.25) is 0 Å². The smallest absolute Gasteiger partial charge is 0.226 e. The van der Waals surface area contributed by atoms with Crippen LogP contribution in [0.25, 0.3) is 27.8 Å². The number of hydrogen-bond donors (Lipinski definition) is 1. The van der Waals surface area contributed by atoms with Crippen LogP contribution in [-0.2, 0) is 11.3 Å². The maximum Gasteiger partial charge on any atom is 0.226 e. The molecular weight excluding hydrogens is 362 g/mol. The molecule has 142 valence electrons. The molecule has 0 bridgehead atoms. The Labute approximate surface area is 167 Å². The molecule has 6 nitrogen and oxygen atoms in total. The molecular formula is C23H19N5O. The van der Waals surface area contributed by atoms with Crippen molar-refractivity contribution in [1.82, 2.24) is 19.1 Å². The summed E-state index contributed by atoms with van der Waals surface area (Å²) in [5.74, 6) is -0.0244. The van der Waals surface area contributed by atoms with Gasteiger partial charge in [0.1, 0.15) is 6.33 Å². The largest absolute Gasteiger partial charge is 0.330 e. The summed E-state index contributed by atoms with van der Waals surface area (Å²) < 4.78 is 4.03. The average Bonchev–Trinajstić information content (AvgIpc) is 3.37. The molecule has 5 aromatic rings. The first-order valence-corrected chi connectivity index (χ1v) is 9.50. The molecule has 2 heterocycles. The number of benzene rings is 3. The number of aromatic nitrogens is 4.